The van der Waals surface area contributed by atoms with E-state index in [1.54, 1.807) is 6.20 Å². The molecule has 0 aliphatic heterocycles. The van der Waals surface area contributed by atoms with Gasteiger partial charge in [-0.25, -0.2) is 4.98 Å². The number of pyridine rings is 1. The zero-order valence-electron chi connectivity index (χ0n) is 13.2. The van der Waals surface area contributed by atoms with E-state index < -0.39 is 0 Å². The van der Waals surface area contributed by atoms with Crippen molar-refractivity contribution in [1.29, 1.82) is 0 Å². The molecule has 2 aromatic heterocycles. The minimum absolute atomic E-state index is 0.894. The second-order valence-electron chi connectivity index (χ2n) is 5.43. The van der Waals surface area contributed by atoms with Crippen molar-refractivity contribution in [3.8, 4) is 11.8 Å². The summed E-state index contributed by atoms with van der Waals surface area (Å²) in [5, 5.41) is 1.13. The molecular formula is C19H18IN3. The van der Waals surface area contributed by atoms with Gasteiger partial charge in [-0.15, -0.1) is 0 Å². The van der Waals surface area contributed by atoms with Gasteiger partial charge in [0.25, 0.3) is 0 Å². The van der Waals surface area contributed by atoms with E-state index >= 15 is 0 Å². The van der Waals surface area contributed by atoms with Crippen LogP contribution in [0.3, 0.4) is 0 Å². The van der Waals surface area contributed by atoms with E-state index in [2.05, 4.69) is 93.6 Å². The van der Waals surface area contributed by atoms with Crippen LogP contribution < -0.4 is 4.90 Å². The number of hydrogen-bond donors (Lipinski definition) is 1. The number of anilines is 1. The third kappa shape index (κ3) is 3.50. The molecule has 23 heavy (non-hydrogen) atoms. The van der Waals surface area contributed by atoms with Crippen molar-refractivity contribution in [2.75, 3.05) is 22.9 Å². The predicted molar refractivity (Wildman–Crippen MR) is 105 cm³/mol. The van der Waals surface area contributed by atoms with Crippen molar-refractivity contribution in [3.05, 3.63) is 59.4 Å². The van der Waals surface area contributed by atoms with E-state index in [4.69, 9.17) is 0 Å². The fourth-order valence-electron chi connectivity index (χ4n) is 2.47. The van der Waals surface area contributed by atoms with Gasteiger partial charge in [0.1, 0.15) is 5.65 Å². The van der Waals surface area contributed by atoms with Crippen LogP contribution >= 0.6 is 22.6 Å². The van der Waals surface area contributed by atoms with Crippen molar-refractivity contribution < 1.29 is 0 Å². The lowest BCUT2D eigenvalue weighted by molar-refractivity contribution is 0.987. The molecule has 0 atom stereocenters. The molecule has 2 heterocycles. The first-order valence-electron chi connectivity index (χ1n) is 7.51. The summed E-state index contributed by atoms with van der Waals surface area (Å²) in [5.41, 5.74) is 5.22. The number of H-pyrrole nitrogens is 1. The maximum absolute atomic E-state index is 4.34. The number of aryl methyl sites for hydroxylation is 1. The molecule has 3 rings (SSSR count). The molecule has 0 saturated carbocycles. The van der Waals surface area contributed by atoms with Crippen LogP contribution in [-0.2, 0) is 0 Å². The quantitative estimate of drug-likeness (QED) is 0.396. The fourth-order valence-corrected chi connectivity index (χ4v) is 3.19. The van der Waals surface area contributed by atoms with Gasteiger partial charge in [-0.3, -0.25) is 0 Å². The van der Waals surface area contributed by atoms with Gasteiger partial charge in [0.15, 0.2) is 0 Å². The number of alkyl halides is 1. The molecule has 0 amide bonds. The normalized spacial score (nSPS) is 10.4. The first-order valence-corrected chi connectivity index (χ1v) is 9.04. The van der Waals surface area contributed by atoms with Gasteiger partial charge in [0.2, 0.25) is 0 Å². The van der Waals surface area contributed by atoms with Crippen molar-refractivity contribution in [1.82, 2.24) is 9.97 Å². The van der Waals surface area contributed by atoms with Crippen LogP contribution in [0.2, 0.25) is 0 Å². The monoisotopic (exact) mass is 415 g/mol. The standard InChI is InChI=1S/C19H18IN3/c1-14-17-4-3-12-21-19(17)22-18(14)10-7-15-5-8-16(9-6-15)23(2)13-11-20/h3-6,8-9,12H,11,13H2,1-2H3,(H,21,22). The summed E-state index contributed by atoms with van der Waals surface area (Å²) in [5.74, 6) is 6.46. The van der Waals surface area contributed by atoms with Gasteiger partial charge in [0, 0.05) is 40.9 Å². The van der Waals surface area contributed by atoms with Gasteiger partial charge < -0.3 is 9.88 Å². The smallest absolute Gasteiger partial charge is 0.138 e. The minimum Gasteiger partial charge on any atom is -0.374 e. The number of hydrogen-bond acceptors (Lipinski definition) is 2. The maximum Gasteiger partial charge on any atom is 0.138 e. The Labute approximate surface area is 150 Å². The molecule has 1 aromatic carbocycles. The lowest BCUT2D eigenvalue weighted by atomic mass is 10.1. The Morgan fingerprint density at radius 3 is 2.65 bits per heavy atom. The van der Waals surface area contributed by atoms with Crippen LogP contribution in [0.15, 0.2) is 42.6 Å². The van der Waals surface area contributed by atoms with E-state index in [1.165, 1.54) is 5.69 Å². The molecule has 3 nitrogen and oxygen atoms in total. The number of aromatic amines is 1. The topological polar surface area (TPSA) is 31.9 Å². The highest BCUT2D eigenvalue weighted by molar-refractivity contribution is 14.1. The van der Waals surface area contributed by atoms with Crippen LogP contribution in [0, 0.1) is 18.8 Å². The molecule has 0 aliphatic rings. The number of benzene rings is 1. The van der Waals surface area contributed by atoms with E-state index in [1.807, 2.05) is 6.07 Å². The van der Waals surface area contributed by atoms with Crippen LogP contribution in [0.5, 0.6) is 0 Å². The Morgan fingerprint density at radius 1 is 1.17 bits per heavy atom. The number of rotatable bonds is 3. The lowest BCUT2D eigenvalue weighted by Crippen LogP contribution is -2.19. The molecule has 0 aliphatic carbocycles. The van der Waals surface area contributed by atoms with E-state index in [0.717, 1.165) is 38.8 Å². The highest BCUT2D eigenvalue weighted by Gasteiger charge is 2.05. The van der Waals surface area contributed by atoms with E-state index in [0.29, 0.717) is 0 Å². The molecule has 4 heteroatoms. The summed E-state index contributed by atoms with van der Waals surface area (Å²) in [7, 11) is 2.11. The average molecular weight is 415 g/mol. The molecule has 0 spiro atoms. The predicted octanol–water partition coefficient (Wildman–Crippen LogP) is 4.14. The van der Waals surface area contributed by atoms with Gasteiger partial charge in [-0.1, -0.05) is 28.5 Å². The Kier molecular flexibility index (Phi) is 4.87. The molecule has 1 N–H and O–H groups in total. The Balaban J connectivity index is 1.84. The van der Waals surface area contributed by atoms with Gasteiger partial charge in [-0.2, -0.15) is 0 Å². The summed E-state index contributed by atoms with van der Waals surface area (Å²) in [6.07, 6.45) is 1.79. The van der Waals surface area contributed by atoms with Gasteiger partial charge >= 0.3 is 0 Å². The zero-order chi connectivity index (χ0) is 16.2. The van der Waals surface area contributed by atoms with Crippen LogP contribution in [0.25, 0.3) is 11.0 Å². The van der Waals surface area contributed by atoms with Crippen molar-refractivity contribution in [2.24, 2.45) is 0 Å². The average Bonchev–Trinajstić information content (AvgIpc) is 2.90. The summed E-state index contributed by atoms with van der Waals surface area (Å²) < 4.78 is 1.11. The number of aromatic nitrogens is 2. The number of nitrogens with one attached hydrogen (secondary N) is 1. The molecule has 0 bridgehead atoms. The SMILES string of the molecule is Cc1c(C#Cc2ccc(N(C)CCI)cc2)[nH]c2ncccc12. The Morgan fingerprint density at radius 2 is 1.96 bits per heavy atom. The summed E-state index contributed by atoms with van der Waals surface area (Å²) in [6.45, 7) is 3.12. The largest absolute Gasteiger partial charge is 0.374 e. The highest BCUT2D eigenvalue weighted by Crippen LogP contribution is 2.19. The summed E-state index contributed by atoms with van der Waals surface area (Å²) in [6, 6.07) is 12.4. The minimum atomic E-state index is 0.894. The molecule has 0 fully saturated rings. The van der Waals surface area contributed by atoms with Crippen molar-refractivity contribution >= 4 is 39.3 Å². The van der Waals surface area contributed by atoms with Crippen LogP contribution in [0.4, 0.5) is 5.69 Å². The highest BCUT2D eigenvalue weighted by atomic mass is 127. The molecule has 116 valence electrons. The van der Waals surface area contributed by atoms with Gasteiger partial charge in [0.05, 0.1) is 5.69 Å². The summed E-state index contributed by atoms with van der Waals surface area (Å²) >= 11 is 2.39. The first-order chi connectivity index (χ1) is 11.2. The second-order valence-corrected chi connectivity index (χ2v) is 6.51. The summed E-state index contributed by atoms with van der Waals surface area (Å²) in [4.78, 5) is 9.87. The van der Waals surface area contributed by atoms with Gasteiger partial charge in [-0.05, 0) is 54.8 Å². The molecular weight excluding hydrogens is 397 g/mol. The molecule has 3 aromatic rings. The van der Waals surface area contributed by atoms with E-state index in [-0.39, 0.29) is 0 Å². The third-order valence-corrected chi connectivity index (χ3v) is 4.37. The number of fused-ring (bicyclic) bond motifs is 1. The Hall–Kier alpha value is -2.00. The zero-order valence-corrected chi connectivity index (χ0v) is 15.4. The molecule has 0 radical (unpaired) electrons. The second kappa shape index (κ2) is 7.05. The number of halogens is 1. The van der Waals surface area contributed by atoms with Crippen molar-refractivity contribution in [3.63, 3.8) is 0 Å². The van der Waals surface area contributed by atoms with Crippen LogP contribution in [-0.4, -0.2) is 28.0 Å². The molecule has 0 saturated heterocycles. The van der Waals surface area contributed by atoms with E-state index in [9.17, 15) is 0 Å². The maximum atomic E-state index is 4.34. The van der Waals surface area contributed by atoms with Crippen LogP contribution in [0.1, 0.15) is 16.8 Å². The first kappa shape index (κ1) is 15.9. The lowest BCUT2D eigenvalue weighted by Gasteiger charge is -2.17. The van der Waals surface area contributed by atoms with Crippen molar-refractivity contribution in [2.45, 2.75) is 6.92 Å². The fraction of sp³-hybridized carbons (Fsp3) is 0.211. The molecule has 0 unspecified atom stereocenters. The Bertz CT molecular complexity index is 869. The number of nitrogens with zero attached hydrogens (tertiary/aromatic N) is 2. The third-order valence-electron chi connectivity index (χ3n) is 3.89.